The number of hydrogen-bond acceptors (Lipinski definition) is 7. The van der Waals surface area contributed by atoms with Crippen molar-refractivity contribution < 1.29 is 33.2 Å². The maximum Gasteiger partial charge on any atom is 0.330 e. The number of ether oxygens (including phenoxy) is 6. The summed E-state index contributed by atoms with van der Waals surface area (Å²) in [4.78, 5) is 10.8. The zero-order chi connectivity index (χ0) is 19.8. The molecule has 8 heteroatoms. The smallest absolute Gasteiger partial charge is 0.330 e. The maximum absolute atomic E-state index is 10.8. The Morgan fingerprint density at radius 2 is 1.04 bits per heavy atom. The third-order valence-corrected chi connectivity index (χ3v) is 3.57. The molecule has 0 spiro atoms. The third-order valence-electron chi connectivity index (χ3n) is 3.30. The molecule has 0 N–H and O–H groups in total. The average Bonchev–Trinajstić information content (AvgIpc) is 2.68. The monoisotopic (exact) mass is 410 g/mol. The molecule has 7 nitrogen and oxygen atoms in total. The predicted molar refractivity (Wildman–Crippen MR) is 104 cm³/mol. The average molecular weight is 411 g/mol. The second-order valence-corrected chi connectivity index (χ2v) is 5.91. The number of esters is 1. The molecular formula is C19H35ClO7. The lowest BCUT2D eigenvalue weighted by molar-refractivity contribution is -0.139. The number of hydrogen-bond donors (Lipinski definition) is 0. The van der Waals surface area contributed by atoms with Gasteiger partial charge in [-0.25, -0.2) is 4.79 Å². The molecule has 0 aromatic rings. The van der Waals surface area contributed by atoms with Gasteiger partial charge in [0.2, 0.25) is 0 Å². The van der Waals surface area contributed by atoms with E-state index in [-0.39, 0.29) is 6.61 Å². The van der Waals surface area contributed by atoms with E-state index in [1.54, 1.807) is 0 Å². The number of alkyl halides is 1. The molecular weight excluding hydrogens is 376 g/mol. The third kappa shape index (κ3) is 23.3. The first-order valence-corrected chi connectivity index (χ1v) is 10.1. The van der Waals surface area contributed by atoms with Crippen LogP contribution >= 0.6 is 11.6 Å². The number of halogens is 1. The van der Waals surface area contributed by atoms with E-state index < -0.39 is 5.97 Å². The van der Waals surface area contributed by atoms with Crippen molar-refractivity contribution in [1.82, 2.24) is 0 Å². The van der Waals surface area contributed by atoms with Crippen LogP contribution in [-0.4, -0.2) is 84.5 Å². The van der Waals surface area contributed by atoms with Crippen LogP contribution in [0.25, 0.3) is 0 Å². The lowest BCUT2D eigenvalue weighted by Crippen LogP contribution is -2.14. The van der Waals surface area contributed by atoms with Crippen LogP contribution in [0.1, 0.15) is 25.7 Å². The van der Waals surface area contributed by atoms with E-state index in [1.165, 1.54) is 12.8 Å². The van der Waals surface area contributed by atoms with Crippen molar-refractivity contribution in [2.75, 3.05) is 78.6 Å². The first-order chi connectivity index (χ1) is 13.3. The summed E-state index contributed by atoms with van der Waals surface area (Å²) in [5.41, 5.74) is 0. The molecule has 0 aromatic heterocycles. The van der Waals surface area contributed by atoms with Gasteiger partial charge in [-0.15, -0.1) is 11.6 Å². The summed E-state index contributed by atoms with van der Waals surface area (Å²) >= 11 is 5.61. The van der Waals surface area contributed by atoms with Crippen molar-refractivity contribution in [2.24, 2.45) is 0 Å². The van der Waals surface area contributed by atoms with Gasteiger partial charge >= 0.3 is 5.97 Å². The largest absolute Gasteiger partial charge is 0.460 e. The molecule has 0 aliphatic rings. The van der Waals surface area contributed by atoms with Crippen molar-refractivity contribution in [2.45, 2.75) is 25.7 Å². The van der Waals surface area contributed by atoms with Crippen LogP contribution in [0.4, 0.5) is 0 Å². The molecule has 0 unspecified atom stereocenters. The minimum absolute atomic E-state index is 0.216. The van der Waals surface area contributed by atoms with E-state index in [0.29, 0.717) is 59.5 Å². The number of unbranched alkanes of at least 4 members (excludes halogenated alkanes) is 3. The minimum Gasteiger partial charge on any atom is -0.460 e. The molecule has 0 aliphatic carbocycles. The predicted octanol–water partition coefficient (Wildman–Crippen LogP) is 2.60. The normalized spacial score (nSPS) is 10.9. The van der Waals surface area contributed by atoms with Crippen LogP contribution in [0.3, 0.4) is 0 Å². The van der Waals surface area contributed by atoms with Gasteiger partial charge in [0.25, 0.3) is 0 Å². The van der Waals surface area contributed by atoms with E-state index >= 15 is 0 Å². The van der Waals surface area contributed by atoms with Gasteiger partial charge in [-0.2, -0.15) is 0 Å². The second-order valence-electron chi connectivity index (χ2n) is 5.54. The van der Waals surface area contributed by atoms with Crippen LogP contribution in [0.2, 0.25) is 0 Å². The molecule has 0 rings (SSSR count). The highest BCUT2D eigenvalue weighted by atomic mass is 35.5. The fourth-order valence-corrected chi connectivity index (χ4v) is 2.08. The SMILES string of the molecule is C=CC(=O)OCCOCCOCCOCCOCCOCCCCCCCl. The Hall–Kier alpha value is -0.700. The molecule has 27 heavy (non-hydrogen) atoms. The molecule has 160 valence electrons. The first kappa shape index (κ1) is 26.3. The summed E-state index contributed by atoms with van der Waals surface area (Å²) in [6, 6.07) is 0. The van der Waals surface area contributed by atoms with Crippen LogP contribution < -0.4 is 0 Å². The van der Waals surface area contributed by atoms with Crippen molar-refractivity contribution in [3.63, 3.8) is 0 Å². The van der Waals surface area contributed by atoms with Crippen molar-refractivity contribution in [3.8, 4) is 0 Å². The van der Waals surface area contributed by atoms with Crippen LogP contribution in [0.5, 0.6) is 0 Å². The van der Waals surface area contributed by atoms with E-state index in [0.717, 1.165) is 31.4 Å². The molecule has 0 heterocycles. The molecule has 0 bridgehead atoms. The maximum atomic E-state index is 10.8. The van der Waals surface area contributed by atoms with Crippen molar-refractivity contribution in [1.29, 1.82) is 0 Å². The van der Waals surface area contributed by atoms with Crippen LogP contribution in [-0.2, 0) is 33.2 Å². The fourth-order valence-electron chi connectivity index (χ4n) is 1.89. The summed E-state index contributed by atoms with van der Waals surface area (Å²) in [6.45, 7) is 8.85. The van der Waals surface area contributed by atoms with Gasteiger partial charge in [0.05, 0.1) is 59.5 Å². The summed E-state index contributed by atoms with van der Waals surface area (Å²) in [5.74, 6) is 0.297. The number of rotatable bonds is 22. The Bertz CT molecular complexity index is 329. The van der Waals surface area contributed by atoms with Crippen molar-refractivity contribution in [3.05, 3.63) is 12.7 Å². The Kier molecular flexibility index (Phi) is 22.7. The van der Waals surface area contributed by atoms with Gasteiger partial charge in [0, 0.05) is 18.6 Å². The second kappa shape index (κ2) is 23.3. The highest BCUT2D eigenvalue weighted by Gasteiger charge is 1.96. The molecule has 0 radical (unpaired) electrons. The lowest BCUT2D eigenvalue weighted by Gasteiger charge is -2.08. The Morgan fingerprint density at radius 3 is 1.48 bits per heavy atom. The van der Waals surface area contributed by atoms with Gasteiger partial charge in [-0.05, 0) is 12.8 Å². The molecule has 0 amide bonds. The summed E-state index contributed by atoms with van der Waals surface area (Å²) in [5, 5.41) is 0. The van der Waals surface area contributed by atoms with Gasteiger partial charge in [-0.1, -0.05) is 19.4 Å². The van der Waals surface area contributed by atoms with E-state index in [9.17, 15) is 4.79 Å². The van der Waals surface area contributed by atoms with E-state index in [4.69, 9.17) is 40.0 Å². The fraction of sp³-hybridized carbons (Fsp3) is 0.842. The Balaban J connectivity index is 3.01. The van der Waals surface area contributed by atoms with E-state index in [1.807, 2.05) is 0 Å². The first-order valence-electron chi connectivity index (χ1n) is 9.55. The molecule has 0 saturated heterocycles. The number of carbonyl (C=O) groups excluding carboxylic acids is 1. The topological polar surface area (TPSA) is 72.5 Å². The summed E-state index contributed by atoms with van der Waals surface area (Å²) in [7, 11) is 0. The Labute approximate surface area is 168 Å². The Morgan fingerprint density at radius 1 is 0.630 bits per heavy atom. The highest BCUT2D eigenvalue weighted by Crippen LogP contribution is 2.01. The summed E-state index contributed by atoms with van der Waals surface area (Å²) in [6.07, 6.45) is 5.62. The van der Waals surface area contributed by atoms with Crippen molar-refractivity contribution >= 4 is 17.6 Å². The van der Waals surface area contributed by atoms with E-state index in [2.05, 4.69) is 6.58 Å². The van der Waals surface area contributed by atoms with Gasteiger partial charge in [0.15, 0.2) is 0 Å². The number of carbonyl (C=O) groups is 1. The summed E-state index contributed by atoms with van der Waals surface area (Å²) < 4.78 is 31.6. The zero-order valence-electron chi connectivity index (χ0n) is 16.3. The molecule has 0 aromatic carbocycles. The molecule has 0 atom stereocenters. The van der Waals surface area contributed by atoms with Crippen LogP contribution in [0.15, 0.2) is 12.7 Å². The zero-order valence-corrected chi connectivity index (χ0v) is 17.1. The lowest BCUT2D eigenvalue weighted by atomic mass is 10.2. The molecule has 0 fully saturated rings. The van der Waals surface area contributed by atoms with Gasteiger partial charge < -0.3 is 28.4 Å². The standard InChI is InChI=1S/C19H35ClO7/c1-2-19(21)27-18-17-26-16-15-25-14-13-24-12-11-23-10-9-22-8-6-4-3-5-7-20/h2H,1,3-18H2. The van der Waals surface area contributed by atoms with Crippen LogP contribution in [0, 0.1) is 0 Å². The van der Waals surface area contributed by atoms with Gasteiger partial charge in [-0.3, -0.25) is 0 Å². The van der Waals surface area contributed by atoms with Gasteiger partial charge in [0.1, 0.15) is 6.61 Å². The minimum atomic E-state index is -0.447. The molecule has 0 aliphatic heterocycles. The highest BCUT2D eigenvalue weighted by molar-refractivity contribution is 6.17. The quantitative estimate of drug-likeness (QED) is 0.117. The molecule has 0 saturated carbocycles.